The highest BCUT2D eigenvalue weighted by molar-refractivity contribution is 7.74. The van der Waals surface area contributed by atoms with E-state index in [2.05, 4.69) is 57.5 Å². The fourth-order valence-corrected chi connectivity index (χ4v) is 2.75. The molecule has 1 heteroatoms. The Bertz CT molecular complexity index is 249. The van der Waals surface area contributed by atoms with Crippen molar-refractivity contribution in [2.75, 3.05) is 13.3 Å². The summed E-state index contributed by atoms with van der Waals surface area (Å²) in [5.74, 6) is 0. The molecular weight excluding hydrogens is 175 g/mol. The first-order valence-corrected chi connectivity index (χ1v) is 7.83. The highest BCUT2D eigenvalue weighted by Gasteiger charge is 2.29. The molecule has 1 aromatic carbocycles. The number of rotatable bonds is 3. The highest BCUT2D eigenvalue weighted by Crippen LogP contribution is 2.58. The molecule has 0 radical (unpaired) electrons. The molecule has 0 aliphatic heterocycles. The van der Waals surface area contributed by atoms with E-state index in [1.165, 1.54) is 11.7 Å². The lowest BCUT2D eigenvalue weighted by atomic mass is 10.2. The van der Waals surface area contributed by atoms with Crippen molar-refractivity contribution in [2.24, 2.45) is 0 Å². The van der Waals surface area contributed by atoms with Gasteiger partial charge in [0, 0.05) is 20.6 Å². The lowest BCUT2D eigenvalue weighted by molar-refractivity contribution is 1.06. The molecule has 0 heterocycles. The standard InChI is InChI=1S/C12H20P/c1-11(2)13(3,4)10-12-8-6-5-7-9-12/h5-9,11H,10H2,1-4H3/q+1. The summed E-state index contributed by atoms with van der Waals surface area (Å²) in [6.07, 6.45) is 1.28. The fraction of sp³-hybridized carbons (Fsp3) is 0.500. The van der Waals surface area contributed by atoms with Crippen LogP contribution in [0, 0.1) is 0 Å². The van der Waals surface area contributed by atoms with Gasteiger partial charge in [-0.2, -0.15) is 0 Å². The van der Waals surface area contributed by atoms with Crippen LogP contribution in [0.15, 0.2) is 30.3 Å². The third kappa shape index (κ3) is 3.12. The van der Waals surface area contributed by atoms with Crippen molar-refractivity contribution in [3.8, 4) is 0 Å². The first kappa shape index (κ1) is 10.7. The van der Waals surface area contributed by atoms with Gasteiger partial charge in [-0.1, -0.05) is 30.3 Å². The van der Waals surface area contributed by atoms with Crippen LogP contribution in [-0.2, 0) is 6.16 Å². The summed E-state index contributed by atoms with van der Waals surface area (Å²) < 4.78 is 0. The van der Waals surface area contributed by atoms with Crippen LogP contribution in [0.2, 0.25) is 0 Å². The molecule has 0 saturated carbocycles. The van der Waals surface area contributed by atoms with E-state index in [1.54, 1.807) is 0 Å². The summed E-state index contributed by atoms with van der Waals surface area (Å²) in [6, 6.07) is 10.8. The van der Waals surface area contributed by atoms with Gasteiger partial charge in [-0.05, 0) is 19.4 Å². The van der Waals surface area contributed by atoms with Crippen LogP contribution >= 0.6 is 7.26 Å². The summed E-state index contributed by atoms with van der Waals surface area (Å²) in [6.45, 7) is 9.59. The Hall–Kier alpha value is -0.350. The van der Waals surface area contributed by atoms with Gasteiger partial charge in [0.1, 0.15) is 0 Å². The largest absolute Gasteiger partial charge is 0.0840 e. The van der Waals surface area contributed by atoms with Gasteiger partial charge < -0.3 is 0 Å². The molecule has 0 amide bonds. The molecule has 0 bridgehead atoms. The molecule has 0 unspecified atom stereocenters. The molecule has 13 heavy (non-hydrogen) atoms. The second-order valence-corrected chi connectivity index (χ2v) is 9.42. The summed E-state index contributed by atoms with van der Waals surface area (Å²) in [4.78, 5) is 0. The van der Waals surface area contributed by atoms with Gasteiger partial charge in [-0.15, -0.1) is 0 Å². The minimum atomic E-state index is -0.736. The number of benzene rings is 1. The Morgan fingerprint density at radius 3 is 2.08 bits per heavy atom. The van der Waals surface area contributed by atoms with Crippen molar-refractivity contribution in [1.29, 1.82) is 0 Å². The molecule has 0 fully saturated rings. The van der Waals surface area contributed by atoms with Crippen molar-refractivity contribution < 1.29 is 0 Å². The van der Waals surface area contributed by atoms with Crippen LogP contribution in [0.5, 0.6) is 0 Å². The lowest BCUT2D eigenvalue weighted by Gasteiger charge is -2.22. The van der Waals surface area contributed by atoms with E-state index in [0.717, 1.165) is 5.66 Å². The van der Waals surface area contributed by atoms with Crippen LogP contribution in [0.3, 0.4) is 0 Å². The Morgan fingerprint density at radius 2 is 1.62 bits per heavy atom. The third-order valence-electron chi connectivity index (χ3n) is 2.83. The molecule has 1 aromatic rings. The second kappa shape index (κ2) is 4.24. The summed E-state index contributed by atoms with van der Waals surface area (Å²) >= 11 is 0. The third-order valence-corrected chi connectivity index (χ3v) is 6.81. The Balaban J connectivity index is 2.69. The fourth-order valence-electron chi connectivity index (χ4n) is 1.24. The summed E-state index contributed by atoms with van der Waals surface area (Å²) in [7, 11) is -0.736. The average Bonchev–Trinajstić information content (AvgIpc) is 2.05. The monoisotopic (exact) mass is 195 g/mol. The van der Waals surface area contributed by atoms with E-state index < -0.39 is 7.26 Å². The van der Waals surface area contributed by atoms with Crippen molar-refractivity contribution >= 4 is 7.26 Å². The van der Waals surface area contributed by atoms with Gasteiger partial charge >= 0.3 is 0 Å². The predicted octanol–water partition coefficient (Wildman–Crippen LogP) is 3.87. The van der Waals surface area contributed by atoms with Crippen LogP contribution in [0.4, 0.5) is 0 Å². The minimum Gasteiger partial charge on any atom is -0.0622 e. The molecule has 72 valence electrons. The van der Waals surface area contributed by atoms with E-state index in [1.807, 2.05) is 0 Å². The molecule has 0 N–H and O–H groups in total. The minimum absolute atomic E-state index is 0.736. The predicted molar refractivity (Wildman–Crippen MR) is 64.1 cm³/mol. The zero-order valence-electron chi connectivity index (χ0n) is 9.12. The smallest absolute Gasteiger partial charge is 0.0622 e. The molecule has 0 saturated heterocycles. The summed E-state index contributed by atoms with van der Waals surface area (Å²) in [5.41, 5.74) is 2.34. The maximum absolute atomic E-state index is 2.45. The molecular formula is C12H20P+. The zero-order valence-corrected chi connectivity index (χ0v) is 10.0. The van der Waals surface area contributed by atoms with E-state index in [9.17, 15) is 0 Å². The van der Waals surface area contributed by atoms with E-state index in [0.29, 0.717) is 0 Å². The van der Waals surface area contributed by atoms with Crippen molar-refractivity contribution in [3.63, 3.8) is 0 Å². The van der Waals surface area contributed by atoms with Crippen LogP contribution < -0.4 is 0 Å². The molecule has 1 rings (SSSR count). The van der Waals surface area contributed by atoms with Gasteiger partial charge in [0.2, 0.25) is 0 Å². The van der Waals surface area contributed by atoms with Gasteiger partial charge in [-0.3, -0.25) is 0 Å². The number of hydrogen-bond acceptors (Lipinski definition) is 0. The van der Waals surface area contributed by atoms with E-state index in [4.69, 9.17) is 0 Å². The normalized spacial score (nSPS) is 12.1. The quantitative estimate of drug-likeness (QED) is 0.642. The SMILES string of the molecule is CC(C)[P+](C)(C)Cc1ccccc1. The van der Waals surface area contributed by atoms with Gasteiger partial charge in [-0.25, -0.2) is 0 Å². The Morgan fingerprint density at radius 1 is 1.08 bits per heavy atom. The first-order valence-electron chi connectivity index (χ1n) is 4.89. The Labute approximate surface area is 82.7 Å². The highest BCUT2D eigenvalue weighted by atomic mass is 31.2. The first-order chi connectivity index (χ1) is 6.02. The van der Waals surface area contributed by atoms with Crippen LogP contribution in [0.1, 0.15) is 19.4 Å². The van der Waals surface area contributed by atoms with E-state index in [-0.39, 0.29) is 0 Å². The molecule has 0 spiro atoms. The van der Waals surface area contributed by atoms with Crippen molar-refractivity contribution in [2.45, 2.75) is 25.7 Å². The van der Waals surface area contributed by atoms with E-state index >= 15 is 0 Å². The van der Waals surface area contributed by atoms with Gasteiger partial charge in [0.25, 0.3) is 0 Å². The Kier molecular flexibility index (Phi) is 3.50. The van der Waals surface area contributed by atoms with Gasteiger partial charge in [0.05, 0.1) is 11.8 Å². The van der Waals surface area contributed by atoms with Gasteiger partial charge in [0.15, 0.2) is 0 Å². The lowest BCUT2D eigenvalue weighted by Crippen LogP contribution is -2.05. The molecule has 0 aliphatic rings. The maximum atomic E-state index is 2.45. The zero-order chi connectivity index (χ0) is 9.90. The summed E-state index contributed by atoms with van der Waals surface area (Å²) in [5, 5.41) is 0. The molecule has 0 aliphatic carbocycles. The topological polar surface area (TPSA) is 0 Å². The van der Waals surface area contributed by atoms with Crippen molar-refractivity contribution in [1.82, 2.24) is 0 Å². The average molecular weight is 195 g/mol. The number of hydrogen-bond donors (Lipinski definition) is 0. The van der Waals surface area contributed by atoms with Crippen LogP contribution in [0.25, 0.3) is 0 Å². The second-order valence-electron chi connectivity index (χ2n) is 4.52. The van der Waals surface area contributed by atoms with Crippen molar-refractivity contribution in [3.05, 3.63) is 35.9 Å². The molecule has 0 nitrogen and oxygen atoms in total. The van der Waals surface area contributed by atoms with Crippen LogP contribution in [-0.4, -0.2) is 19.0 Å². The maximum Gasteiger partial charge on any atom is 0.0840 e. The molecule has 0 atom stereocenters. The molecule has 0 aromatic heterocycles.